The Morgan fingerprint density at radius 1 is 1.18 bits per heavy atom. The third kappa shape index (κ3) is 3.60. The van der Waals surface area contributed by atoms with E-state index >= 15 is 0 Å². The average molecular weight is 290 g/mol. The van der Waals surface area contributed by atoms with E-state index in [1.165, 1.54) is 23.7 Å². The van der Waals surface area contributed by atoms with Crippen LogP contribution in [0.4, 0.5) is 0 Å². The predicted molar refractivity (Wildman–Crippen MR) is 71.2 cm³/mol. The van der Waals surface area contributed by atoms with E-state index in [2.05, 4.69) is 24.3 Å². The third-order valence-corrected chi connectivity index (χ3v) is 5.76. The van der Waals surface area contributed by atoms with E-state index in [-0.39, 0.29) is 0 Å². The number of hydrogen-bond acceptors (Lipinski definition) is 1. The molecule has 1 fully saturated rings. The van der Waals surface area contributed by atoms with Crippen LogP contribution in [0.1, 0.15) is 32.1 Å². The molecule has 1 aliphatic rings. The van der Waals surface area contributed by atoms with Gasteiger partial charge in [0.05, 0.1) is 0 Å². The Bertz CT molecular complexity index is 360. The van der Waals surface area contributed by atoms with Crippen molar-refractivity contribution in [2.75, 3.05) is 7.05 Å². The zero-order valence-electron chi connectivity index (χ0n) is 10.4. The molecular weight excluding hydrogens is 271 g/mol. The molecule has 0 N–H and O–H groups in total. The molecule has 2 rings (SSSR count). The van der Waals surface area contributed by atoms with Crippen molar-refractivity contribution < 1.29 is 4.79 Å². The van der Waals surface area contributed by atoms with Crippen molar-refractivity contribution in [3.05, 3.63) is 30.3 Å². The summed E-state index contributed by atoms with van der Waals surface area (Å²) in [5.74, 6) is 0.690. The number of rotatable bonds is 3. The zero-order chi connectivity index (χ0) is 12.1. The number of hydrogen-bond donors (Lipinski definition) is 0. The van der Waals surface area contributed by atoms with Crippen molar-refractivity contribution in [2.24, 2.45) is 5.92 Å². The molecule has 0 bridgehead atoms. The SMILES string of the molecule is C[N]([Ge][c]1ccccc1)C(=O)C1CCCCC1. The summed E-state index contributed by atoms with van der Waals surface area (Å²) in [5.41, 5.74) is 0. The summed E-state index contributed by atoms with van der Waals surface area (Å²) in [5, 5.41) is 0. The summed E-state index contributed by atoms with van der Waals surface area (Å²) < 4.78 is 3.34. The van der Waals surface area contributed by atoms with Crippen LogP contribution in [0, 0.1) is 5.92 Å². The van der Waals surface area contributed by atoms with E-state index in [9.17, 15) is 4.79 Å². The van der Waals surface area contributed by atoms with Gasteiger partial charge in [0.25, 0.3) is 0 Å². The van der Waals surface area contributed by atoms with Crippen LogP contribution >= 0.6 is 0 Å². The zero-order valence-corrected chi connectivity index (χ0v) is 12.5. The van der Waals surface area contributed by atoms with Crippen LogP contribution in [-0.2, 0) is 4.79 Å². The van der Waals surface area contributed by atoms with Gasteiger partial charge in [-0.05, 0) is 0 Å². The standard InChI is InChI=1S/C14H19GeNO/c1-16(15-13-10-6-3-7-11-13)14(17)12-8-4-2-5-9-12/h3,6-7,10-12H,2,4-5,8-9H2,1H3. The third-order valence-electron chi connectivity index (χ3n) is 3.36. The van der Waals surface area contributed by atoms with Crippen LogP contribution < -0.4 is 4.40 Å². The summed E-state index contributed by atoms with van der Waals surface area (Å²) >= 11 is -0.463. The fraction of sp³-hybridized carbons (Fsp3) is 0.500. The van der Waals surface area contributed by atoms with Gasteiger partial charge in [-0.3, -0.25) is 0 Å². The molecular formula is C14H19GeNO. The molecule has 0 unspecified atom stereocenters. The molecule has 0 atom stereocenters. The Labute approximate surface area is 110 Å². The first-order chi connectivity index (χ1) is 8.27. The van der Waals surface area contributed by atoms with Crippen molar-refractivity contribution in [2.45, 2.75) is 32.1 Å². The van der Waals surface area contributed by atoms with Gasteiger partial charge in [-0.15, -0.1) is 0 Å². The molecule has 90 valence electrons. The van der Waals surface area contributed by atoms with Gasteiger partial charge < -0.3 is 0 Å². The van der Waals surface area contributed by atoms with Crippen LogP contribution in [0.5, 0.6) is 0 Å². The van der Waals surface area contributed by atoms with Crippen LogP contribution in [0.15, 0.2) is 30.3 Å². The molecule has 0 saturated heterocycles. The Hall–Kier alpha value is -0.767. The fourth-order valence-corrected chi connectivity index (χ4v) is 4.53. The van der Waals surface area contributed by atoms with E-state index < -0.39 is 15.7 Å². The monoisotopic (exact) mass is 291 g/mol. The molecule has 0 heterocycles. The van der Waals surface area contributed by atoms with Crippen LogP contribution in [-0.4, -0.2) is 32.5 Å². The minimum absolute atomic E-state index is 0.307. The number of benzene rings is 1. The first-order valence-corrected chi connectivity index (χ1v) is 8.35. The van der Waals surface area contributed by atoms with E-state index in [1.807, 2.05) is 17.0 Å². The fourth-order valence-electron chi connectivity index (χ4n) is 2.38. The molecule has 1 amide bonds. The molecule has 17 heavy (non-hydrogen) atoms. The Morgan fingerprint density at radius 2 is 1.82 bits per heavy atom. The molecule has 1 saturated carbocycles. The minimum atomic E-state index is -0.463. The van der Waals surface area contributed by atoms with Gasteiger partial charge in [0, 0.05) is 0 Å². The number of carbonyl (C=O) groups is 1. The molecule has 3 heteroatoms. The average Bonchev–Trinajstić information content (AvgIpc) is 2.40. The summed E-state index contributed by atoms with van der Waals surface area (Å²) in [6.07, 6.45) is 5.97. The van der Waals surface area contributed by atoms with Crippen molar-refractivity contribution in [1.82, 2.24) is 3.86 Å². The van der Waals surface area contributed by atoms with Crippen molar-refractivity contribution in [3.63, 3.8) is 0 Å². The van der Waals surface area contributed by atoms with Gasteiger partial charge in [-0.25, -0.2) is 0 Å². The van der Waals surface area contributed by atoms with Gasteiger partial charge in [0.15, 0.2) is 0 Å². The number of amides is 1. The van der Waals surface area contributed by atoms with Gasteiger partial charge >= 0.3 is 110 Å². The van der Waals surface area contributed by atoms with Crippen molar-refractivity contribution >= 4 is 26.0 Å². The van der Waals surface area contributed by atoms with Gasteiger partial charge in [-0.2, -0.15) is 0 Å². The first-order valence-electron chi connectivity index (χ1n) is 6.36. The summed E-state index contributed by atoms with van der Waals surface area (Å²) in [4.78, 5) is 12.3. The molecule has 2 radical (unpaired) electrons. The van der Waals surface area contributed by atoms with Crippen LogP contribution in [0.3, 0.4) is 0 Å². The second-order valence-corrected chi connectivity index (χ2v) is 7.80. The van der Waals surface area contributed by atoms with Gasteiger partial charge in [0.1, 0.15) is 0 Å². The van der Waals surface area contributed by atoms with Crippen LogP contribution in [0.2, 0.25) is 0 Å². The van der Waals surface area contributed by atoms with Gasteiger partial charge in [0.2, 0.25) is 0 Å². The van der Waals surface area contributed by atoms with Crippen LogP contribution in [0.25, 0.3) is 0 Å². The second-order valence-electron chi connectivity index (χ2n) is 4.71. The second kappa shape index (κ2) is 6.24. The van der Waals surface area contributed by atoms with Crippen molar-refractivity contribution in [1.29, 1.82) is 0 Å². The van der Waals surface area contributed by atoms with E-state index in [0.29, 0.717) is 11.8 Å². The molecule has 0 aliphatic heterocycles. The van der Waals surface area contributed by atoms with E-state index in [0.717, 1.165) is 12.8 Å². The maximum atomic E-state index is 12.3. The Balaban J connectivity index is 1.90. The van der Waals surface area contributed by atoms with Crippen molar-refractivity contribution in [3.8, 4) is 0 Å². The number of nitrogens with zero attached hydrogens (tertiary/aromatic N) is 1. The summed E-state index contributed by atoms with van der Waals surface area (Å²) in [7, 11) is 1.98. The molecule has 1 aliphatic carbocycles. The molecule has 1 aromatic rings. The Kier molecular flexibility index (Phi) is 4.66. The van der Waals surface area contributed by atoms with Gasteiger partial charge in [-0.1, -0.05) is 0 Å². The number of carbonyl (C=O) groups excluding carboxylic acids is 1. The predicted octanol–water partition coefficient (Wildman–Crippen LogP) is 1.97. The quantitative estimate of drug-likeness (QED) is 0.779. The normalized spacial score (nSPS) is 16.8. The van der Waals surface area contributed by atoms with E-state index in [1.54, 1.807) is 0 Å². The molecule has 0 aromatic heterocycles. The summed E-state index contributed by atoms with van der Waals surface area (Å²) in [6, 6.07) is 10.4. The summed E-state index contributed by atoms with van der Waals surface area (Å²) in [6.45, 7) is 0. The molecule has 2 nitrogen and oxygen atoms in total. The Morgan fingerprint density at radius 3 is 2.47 bits per heavy atom. The molecule has 0 spiro atoms. The first kappa shape index (κ1) is 12.7. The maximum absolute atomic E-state index is 12.3. The van der Waals surface area contributed by atoms with E-state index in [4.69, 9.17) is 0 Å². The molecule has 1 aromatic carbocycles. The topological polar surface area (TPSA) is 20.3 Å².